The van der Waals surface area contributed by atoms with Crippen molar-refractivity contribution in [2.24, 2.45) is 0 Å². The maximum absolute atomic E-state index is 11.9. The van der Waals surface area contributed by atoms with Crippen molar-refractivity contribution in [3.05, 3.63) is 12.4 Å². The Morgan fingerprint density at radius 2 is 2.30 bits per heavy atom. The smallest absolute Gasteiger partial charge is 0.320 e. The number of hydrogen-bond acceptors (Lipinski definition) is 5. The molecule has 0 saturated carbocycles. The quantitative estimate of drug-likeness (QED) is 0.877. The highest BCUT2D eigenvalue weighted by Crippen LogP contribution is 2.23. The fourth-order valence-electron chi connectivity index (χ4n) is 2.21. The summed E-state index contributed by atoms with van der Waals surface area (Å²) in [5, 5.41) is 5.60. The number of nitrogens with one attached hydrogen (secondary N) is 2. The van der Waals surface area contributed by atoms with Crippen molar-refractivity contribution in [2.75, 3.05) is 19.0 Å². The number of aromatic nitrogens is 2. The van der Waals surface area contributed by atoms with Gasteiger partial charge in [0.2, 0.25) is 5.88 Å². The lowest BCUT2D eigenvalue weighted by molar-refractivity contribution is -0.0609. The SMILES string of the molecule is COc1cc(NC(=O)NC2CCOC(C)(C)C2)ncn1. The molecule has 1 aliphatic rings. The van der Waals surface area contributed by atoms with Gasteiger partial charge < -0.3 is 14.8 Å². The summed E-state index contributed by atoms with van der Waals surface area (Å²) in [6, 6.07) is 1.38. The lowest BCUT2D eigenvalue weighted by Gasteiger charge is -2.35. The van der Waals surface area contributed by atoms with E-state index in [1.54, 1.807) is 6.07 Å². The average molecular weight is 280 g/mol. The Kier molecular flexibility index (Phi) is 4.39. The molecule has 0 bridgehead atoms. The van der Waals surface area contributed by atoms with E-state index in [1.807, 2.05) is 13.8 Å². The van der Waals surface area contributed by atoms with Crippen LogP contribution in [0.25, 0.3) is 0 Å². The second-order valence-corrected chi connectivity index (χ2v) is 5.34. The van der Waals surface area contributed by atoms with Gasteiger partial charge in [-0.15, -0.1) is 0 Å². The Balaban J connectivity index is 1.88. The van der Waals surface area contributed by atoms with Crippen LogP contribution in [0.5, 0.6) is 5.88 Å². The minimum absolute atomic E-state index is 0.0995. The topological polar surface area (TPSA) is 85.4 Å². The second-order valence-electron chi connectivity index (χ2n) is 5.34. The van der Waals surface area contributed by atoms with Gasteiger partial charge in [0.1, 0.15) is 12.1 Å². The number of ether oxygens (including phenoxy) is 2. The molecule has 2 heterocycles. The molecule has 1 aliphatic heterocycles. The summed E-state index contributed by atoms with van der Waals surface area (Å²) in [6.45, 7) is 4.70. The molecular weight excluding hydrogens is 260 g/mol. The van der Waals surface area contributed by atoms with Crippen LogP contribution in [0.3, 0.4) is 0 Å². The highest BCUT2D eigenvalue weighted by molar-refractivity contribution is 5.88. The van der Waals surface area contributed by atoms with E-state index < -0.39 is 0 Å². The molecule has 1 aromatic rings. The van der Waals surface area contributed by atoms with E-state index in [0.717, 1.165) is 12.8 Å². The van der Waals surface area contributed by atoms with Gasteiger partial charge in [0.15, 0.2) is 0 Å². The molecular formula is C13H20N4O3. The van der Waals surface area contributed by atoms with Crippen LogP contribution in [0.15, 0.2) is 12.4 Å². The second kappa shape index (κ2) is 6.04. The zero-order chi connectivity index (χ0) is 14.6. The third-order valence-electron chi connectivity index (χ3n) is 3.13. The van der Waals surface area contributed by atoms with E-state index in [2.05, 4.69) is 20.6 Å². The molecule has 1 atom stereocenters. The maximum atomic E-state index is 11.9. The van der Waals surface area contributed by atoms with Crippen molar-refractivity contribution in [1.29, 1.82) is 0 Å². The molecule has 0 aromatic carbocycles. The van der Waals surface area contributed by atoms with Crippen molar-refractivity contribution in [1.82, 2.24) is 15.3 Å². The Bertz CT molecular complexity index is 478. The molecule has 1 fully saturated rings. The molecule has 7 nitrogen and oxygen atoms in total. The number of carbonyl (C=O) groups is 1. The third kappa shape index (κ3) is 4.06. The van der Waals surface area contributed by atoms with Crippen molar-refractivity contribution < 1.29 is 14.3 Å². The number of nitrogens with zero attached hydrogens (tertiary/aromatic N) is 2. The van der Waals surface area contributed by atoms with E-state index in [0.29, 0.717) is 18.3 Å². The first-order valence-electron chi connectivity index (χ1n) is 6.56. The first-order valence-corrected chi connectivity index (χ1v) is 6.56. The normalized spacial score (nSPS) is 21.1. The zero-order valence-corrected chi connectivity index (χ0v) is 12.0. The molecule has 2 N–H and O–H groups in total. The number of rotatable bonds is 3. The number of methoxy groups -OCH3 is 1. The summed E-state index contributed by atoms with van der Waals surface area (Å²) in [5.41, 5.74) is -0.200. The third-order valence-corrected chi connectivity index (χ3v) is 3.13. The lowest BCUT2D eigenvalue weighted by atomic mass is 9.94. The standard InChI is InChI=1S/C13H20N4O3/c1-13(2)7-9(4-5-20-13)16-12(18)17-10-6-11(19-3)15-8-14-10/h6,8-9H,4-5,7H2,1-3H3,(H2,14,15,16,17,18). The Labute approximate surface area is 118 Å². The van der Waals surface area contributed by atoms with Crippen LogP contribution in [-0.2, 0) is 4.74 Å². The predicted octanol–water partition coefficient (Wildman–Crippen LogP) is 1.56. The summed E-state index contributed by atoms with van der Waals surface area (Å²) >= 11 is 0. The van der Waals surface area contributed by atoms with Crippen molar-refractivity contribution >= 4 is 11.8 Å². The van der Waals surface area contributed by atoms with Gasteiger partial charge in [-0.05, 0) is 26.7 Å². The van der Waals surface area contributed by atoms with Gasteiger partial charge in [-0.25, -0.2) is 14.8 Å². The summed E-state index contributed by atoms with van der Waals surface area (Å²) in [5.74, 6) is 0.808. The van der Waals surface area contributed by atoms with Crippen LogP contribution < -0.4 is 15.4 Å². The first kappa shape index (κ1) is 14.5. The van der Waals surface area contributed by atoms with Gasteiger partial charge in [-0.2, -0.15) is 0 Å². The molecule has 7 heteroatoms. The molecule has 2 amide bonds. The van der Waals surface area contributed by atoms with Crippen molar-refractivity contribution in [3.63, 3.8) is 0 Å². The van der Waals surface area contributed by atoms with Crippen LogP contribution in [0.2, 0.25) is 0 Å². The molecule has 1 unspecified atom stereocenters. The number of carbonyl (C=O) groups excluding carboxylic acids is 1. The van der Waals surface area contributed by atoms with E-state index in [4.69, 9.17) is 9.47 Å². The van der Waals surface area contributed by atoms with Crippen LogP contribution >= 0.6 is 0 Å². The van der Waals surface area contributed by atoms with Gasteiger partial charge in [0, 0.05) is 18.7 Å². The van der Waals surface area contributed by atoms with Crippen LogP contribution in [0.4, 0.5) is 10.6 Å². The average Bonchev–Trinajstić information content (AvgIpc) is 2.37. The first-order chi connectivity index (χ1) is 9.48. The van der Waals surface area contributed by atoms with E-state index in [-0.39, 0.29) is 17.7 Å². The van der Waals surface area contributed by atoms with Crippen molar-refractivity contribution in [3.8, 4) is 5.88 Å². The molecule has 1 aromatic heterocycles. The largest absolute Gasteiger partial charge is 0.481 e. The van der Waals surface area contributed by atoms with E-state index in [9.17, 15) is 4.79 Å². The van der Waals surface area contributed by atoms with Gasteiger partial charge in [-0.1, -0.05) is 0 Å². The summed E-state index contributed by atoms with van der Waals surface area (Å²) < 4.78 is 10.6. The Morgan fingerprint density at radius 1 is 1.50 bits per heavy atom. The molecule has 0 radical (unpaired) electrons. The highest BCUT2D eigenvalue weighted by Gasteiger charge is 2.29. The van der Waals surface area contributed by atoms with Crippen LogP contribution in [0, 0.1) is 0 Å². The monoisotopic (exact) mass is 280 g/mol. The van der Waals surface area contributed by atoms with E-state index >= 15 is 0 Å². The number of urea groups is 1. The van der Waals surface area contributed by atoms with Gasteiger partial charge in [0.05, 0.1) is 12.7 Å². The fraction of sp³-hybridized carbons (Fsp3) is 0.615. The number of hydrogen-bond donors (Lipinski definition) is 2. The lowest BCUT2D eigenvalue weighted by Crippen LogP contribution is -2.47. The number of amides is 2. The molecule has 0 aliphatic carbocycles. The van der Waals surface area contributed by atoms with Gasteiger partial charge in [0.25, 0.3) is 0 Å². The molecule has 0 spiro atoms. The minimum Gasteiger partial charge on any atom is -0.481 e. The molecule has 20 heavy (non-hydrogen) atoms. The van der Waals surface area contributed by atoms with Gasteiger partial charge in [-0.3, -0.25) is 5.32 Å². The van der Waals surface area contributed by atoms with Crippen LogP contribution in [-0.4, -0.2) is 41.4 Å². The molecule has 1 saturated heterocycles. The Morgan fingerprint density at radius 3 is 3.00 bits per heavy atom. The zero-order valence-electron chi connectivity index (χ0n) is 12.0. The fourth-order valence-corrected chi connectivity index (χ4v) is 2.21. The van der Waals surface area contributed by atoms with E-state index in [1.165, 1.54) is 13.4 Å². The van der Waals surface area contributed by atoms with Gasteiger partial charge >= 0.3 is 6.03 Å². The number of anilines is 1. The predicted molar refractivity (Wildman–Crippen MR) is 73.8 cm³/mol. The highest BCUT2D eigenvalue weighted by atomic mass is 16.5. The van der Waals surface area contributed by atoms with Crippen molar-refractivity contribution in [2.45, 2.75) is 38.3 Å². The minimum atomic E-state index is -0.284. The Hall–Kier alpha value is -1.89. The summed E-state index contributed by atoms with van der Waals surface area (Å²) in [6.07, 6.45) is 2.93. The summed E-state index contributed by atoms with van der Waals surface area (Å²) in [7, 11) is 1.51. The molecule has 2 rings (SSSR count). The molecule has 110 valence electrons. The summed E-state index contributed by atoms with van der Waals surface area (Å²) in [4.78, 5) is 19.8. The maximum Gasteiger partial charge on any atom is 0.320 e. The van der Waals surface area contributed by atoms with Crippen LogP contribution in [0.1, 0.15) is 26.7 Å².